The highest BCUT2D eigenvalue weighted by Gasteiger charge is 2.70. The molecule has 32 heavy (non-hydrogen) atoms. The number of rotatable bonds is 3. The molecule has 2 heterocycles. The first-order chi connectivity index (χ1) is 15.4. The number of hydrogen-bond donors (Lipinski definition) is 0. The molecule has 0 N–H and O–H groups in total. The molecule has 2 aliphatic heterocycles. The van der Waals surface area contributed by atoms with Crippen LogP contribution in [0.1, 0.15) is 24.5 Å². The summed E-state index contributed by atoms with van der Waals surface area (Å²) in [5.41, 5.74) is 3.58. The molecule has 7 nitrogen and oxygen atoms in total. The van der Waals surface area contributed by atoms with E-state index in [-0.39, 0.29) is 47.5 Å². The summed E-state index contributed by atoms with van der Waals surface area (Å²) in [5, 5.41) is 4.39. The van der Waals surface area contributed by atoms with E-state index in [9.17, 15) is 14.4 Å². The van der Waals surface area contributed by atoms with Crippen LogP contribution in [0.4, 0.5) is 5.69 Å². The summed E-state index contributed by atoms with van der Waals surface area (Å²) in [6, 6.07) is 14.7. The van der Waals surface area contributed by atoms with Crippen LogP contribution >= 0.6 is 0 Å². The van der Waals surface area contributed by atoms with E-state index in [1.54, 1.807) is 24.3 Å². The molecule has 0 radical (unpaired) electrons. The Balaban J connectivity index is 1.29. The number of carbonyl (C=O) groups is 3. The van der Waals surface area contributed by atoms with Gasteiger partial charge in [0.15, 0.2) is 0 Å². The average Bonchev–Trinajstić information content (AvgIpc) is 3.50. The minimum atomic E-state index is -0.422. The molecule has 0 unspecified atom stereocenters. The van der Waals surface area contributed by atoms with Crippen molar-refractivity contribution in [3.63, 3.8) is 0 Å². The Hall–Kier alpha value is -3.48. The van der Waals surface area contributed by atoms with Gasteiger partial charge in [-0.1, -0.05) is 35.0 Å². The number of imide groups is 1. The molecule has 2 aromatic carbocycles. The molecule has 2 amide bonds. The lowest BCUT2D eigenvalue weighted by Crippen LogP contribution is -2.41. The Morgan fingerprint density at radius 1 is 0.969 bits per heavy atom. The topological polar surface area (TPSA) is 85.3 Å². The number of oxime groups is 1. The zero-order valence-corrected chi connectivity index (χ0v) is 17.7. The highest BCUT2D eigenvalue weighted by Crippen LogP contribution is 2.62. The van der Waals surface area contributed by atoms with E-state index < -0.39 is 5.97 Å². The van der Waals surface area contributed by atoms with Crippen molar-refractivity contribution in [2.45, 2.75) is 26.4 Å². The zero-order valence-electron chi connectivity index (χ0n) is 17.7. The number of amides is 2. The van der Waals surface area contributed by atoms with Gasteiger partial charge in [-0.2, -0.15) is 0 Å². The smallest absolute Gasteiger partial charge is 0.308 e. The lowest BCUT2D eigenvalue weighted by Gasteiger charge is -2.29. The lowest BCUT2D eigenvalue weighted by molar-refractivity contribution is -0.132. The van der Waals surface area contributed by atoms with Crippen molar-refractivity contribution in [1.29, 1.82) is 0 Å². The second kappa shape index (κ2) is 6.76. The van der Waals surface area contributed by atoms with Crippen LogP contribution in [0.3, 0.4) is 0 Å². The quantitative estimate of drug-likeness (QED) is 0.424. The number of fused-ring (bicyclic) bond motifs is 8. The summed E-state index contributed by atoms with van der Waals surface area (Å²) in [7, 11) is 0. The molecule has 2 aromatic rings. The molecule has 6 rings (SSSR count). The van der Waals surface area contributed by atoms with Crippen molar-refractivity contribution in [2.24, 2.45) is 34.7 Å². The van der Waals surface area contributed by atoms with Crippen LogP contribution in [-0.4, -0.2) is 29.6 Å². The van der Waals surface area contributed by atoms with Crippen LogP contribution in [-0.2, 0) is 19.2 Å². The summed E-state index contributed by atoms with van der Waals surface area (Å²) < 4.78 is 5.06. The number of carbonyl (C=O) groups excluding carboxylic acids is 3. The van der Waals surface area contributed by atoms with E-state index in [4.69, 9.17) is 9.57 Å². The van der Waals surface area contributed by atoms with Crippen LogP contribution in [0.2, 0.25) is 0 Å². The highest BCUT2D eigenvalue weighted by atomic mass is 16.6. The Morgan fingerprint density at radius 3 is 2.28 bits per heavy atom. The monoisotopic (exact) mass is 430 g/mol. The molecular weight excluding hydrogens is 408 g/mol. The third-order valence-corrected chi connectivity index (χ3v) is 7.39. The molecule has 3 fully saturated rings. The van der Waals surface area contributed by atoms with Crippen LogP contribution in [0.5, 0.6) is 5.75 Å². The van der Waals surface area contributed by atoms with Crippen LogP contribution in [0.25, 0.3) is 0 Å². The van der Waals surface area contributed by atoms with Gasteiger partial charge in [0.05, 0.1) is 23.2 Å². The molecule has 2 bridgehead atoms. The highest BCUT2D eigenvalue weighted by molar-refractivity contribution is 6.23. The van der Waals surface area contributed by atoms with Crippen LogP contribution in [0, 0.1) is 36.5 Å². The summed E-state index contributed by atoms with van der Waals surface area (Å²) in [5.74, 6) is -1.01. The third-order valence-electron chi connectivity index (χ3n) is 7.39. The number of nitrogens with zero attached hydrogens (tertiary/aromatic N) is 2. The first-order valence-corrected chi connectivity index (χ1v) is 10.9. The molecule has 162 valence electrons. The minimum Gasteiger partial charge on any atom is -0.427 e. The first kappa shape index (κ1) is 19.2. The van der Waals surface area contributed by atoms with E-state index in [1.807, 2.05) is 31.2 Å². The van der Waals surface area contributed by atoms with Gasteiger partial charge in [-0.3, -0.25) is 19.3 Å². The molecule has 2 aliphatic carbocycles. The number of hydrogen-bond acceptors (Lipinski definition) is 6. The normalized spacial score (nSPS) is 31.9. The first-order valence-electron chi connectivity index (χ1n) is 10.9. The summed E-state index contributed by atoms with van der Waals surface area (Å²) in [6.45, 7) is 3.36. The predicted molar refractivity (Wildman–Crippen MR) is 115 cm³/mol. The van der Waals surface area contributed by atoms with Gasteiger partial charge in [0.2, 0.25) is 11.8 Å². The van der Waals surface area contributed by atoms with Gasteiger partial charge in [0, 0.05) is 18.8 Å². The average molecular weight is 430 g/mol. The van der Waals surface area contributed by atoms with E-state index in [0.717, 1.165) is 17.7 Å². The van der Waals surface area contributed by atoms with E-state index in [2.05, 4.69) is 5.16 Å². The Labute approximate surface area is 185 Å². The van der Waals surface area contributed by atoms with E-state index in [1.165, 1.54) is 17.4 Å². The maximum atomic E-state index is 13.5. The van der Waals surface area contributed by atoms with Gasteiger partial charge in [-0.25, -0.2) is 0 Å². The maximum Gasteiger partial charge on any atom is 0.308 e. The number of anilines is 1. The van der Waals surface area contributed by atoms with Gasteiger partial charge in [-0.15, -0.1) is 0 Å². The standard InChI is InChI=1S/C25H22N2O5/c1-12-3-5-14(6-4-12)22-21-17-11-18(23(21)32-26-22)20-19(17)24(29)27(25(20)30)15-7-9-16(10-8-15)31-13(2)28/h3-10,17-21,23H,11H2,1-2H3/t17-,18-,19-,20-,21-,23-/m1/s1. The van der Waals surface area contributed by atoms with Gasteiger partial charge in [0.25, 0.3) is 0 Å². The van der Waals surface area contributed by atoms with Crippen LogP contribution < -0.4 is 9.64 Å². The minimum absolute atomic E-state index is 0.0107. The van der Waals surface area contributed by atoms with Gasteiger partial charge in [0.1, 0.15) is 11.9 Å². The predicted octanol–water partition coefficient (Wildman–Crippen LogP) is 3.09. The number of ether oxygens (including phenoxy) is 1. The molecule has 7 heteroatoms. The van der Waals surface area contributed by atoms with Crippen LogP contribution in [0.15, 0.2) is 53.7 Å². The number of esters is 1. The van der Waals surface area contributed by atoms with Crippen molar-refractivity contribution < 1.29 is 24.0 Å². The van der Waals surface area contributed by atoms with Crippen molar-refractivity contribution in [1.82, 2.24) is 0 Å². The fraction of sp³-hybridized carbons (Fsp3) is 0.360. The molecule has 0 aromatic heterocycles. The fourth-order valence-electron chi connectivity index (χ4n) is 6.17. The third kappa shape index (κ3) is 2.60. The fourth-order valence-corrected chi connectivity index (χ4v) is 6.17. The molecular formula is C25H22N2O5. The van der Waals surface area contributed by atoms with Crippen molar-refractivity contribution in [3.05, 3.63) is 59.7 Å². The molecule has 2 saturated carbocycles. The SMILES string of the molecule is CC(=O)Oc1ccc(N2C(=O)[C@@H]3[C@H]4C[C@@H]([C@H]5ON=C(c6ccc(C)cc6)[C@@H]45)[C@H]3C2=O)cc1. The van der Waals surface area contributed by atoms with Crippen molar-refractivity contribution in [3.8, 4) is 5.75 Å². The Bertz CT molecular complexity index is 1170. The van der Waals surface area contributed by atoms with Gasteiger partial charge < -0.3 is 9.57 Å². The second-order valence-corrected chi connectivity index (χ2v) is 9.15. The van der Waals surface area contributed by atoms with Gasteiger partial charge >= 0.3 is 5.97 Å². The van der Waals surface area contributed by atoms with E-state index in [0.29, 0.717) is 11.4 Å². The van der Waals surface area contributed by atoms with Gasteiger partial charge in [-0.05, 0) is 49.1 Å². The maximum absolute atomic E-state index is 13.5. The second-order valence-electron chi connectivity index (χ2n) is 9.15. The lowest BCUT2D eigenvalue weighted by atomic mass is 9.71. The van der Waals surface area contributed by atoms with Crippen molar-refractivity contribution >= 4 is 29.2 Å². The largest absolute Gasteiger partial charge is 0.427 e. The Morgan fingerprint density at radius 2 is 1.62 bits per heavy atom. The van der Waals surface area contributed by atoms with Crippen molar-refractivity contribution in [2.75, 3.05) is 4.90 Å². The zero-order chi connectivity index (χ0) is 22.1. The molecule has 4 aliphatic rings. The Kier molecular flexibility index (Phi) is 4.06. The molecule has 1 saturated heterocycles. The summed E-state index contributed by atoms with van der Waals surface area (Å²) >= 11 is 0. The summed E-state index contributed by atoms with van der Waals surface area (Å²) in [6.07, 6.45) is 0.660. The molecule has 6 atom stereocenters. The van der Waals surface area contributed by atoms with E-state index >= 15 is 0 Å². The summed E-state index contributed by atoms with van der Waals surface area (Å²) in [4.78, 5) is 45.1. The number of aryl methyl sites for hydroxylation is 1. The molecule has 0 spiro atoms. The number of benzene rings is 2.